The summed E-state index contributed by atoms with van der Waals surface area (Å²) in [4.78, 5) is 0. The molecule has 88 valence electrons. The van der Waals surface area contributed by atoms with Gasteiger partial charge in [0.25, 0.3) is 0 Å². The van der Waals surface area contributed by atoms with Crippen molar-refractivity contribution in [1.82, 2.24) is 3.53 Å². The van der Waals surface area contributed by atoms with E-state index in [1.807, 2.05) is 12.1 Å². The lowest BCUT2D eigenvalue weighted by atomic mass is 9.69. The first-order valence-corrected chi connectivity index (χ1v) is 7.05. The van der Waals surface area contributed by atoms with Gasteiger partial charge < -0.3 is 5.73 Å². The molecule has 0 aromatic heterocycles. The van der Waals surface area contributed by atoms with Gasteiger partial charge in [0, 0.05) is 40.5 Å². The van der Waals surface area contributed by atoms with Gasteiger partial charge in [-0.1, -0.05) is 37.5 Å². The number of hydrogen-bond donors (Lipinski definition) is 2. The molecular formula is C13H19IN2. The van der Waals surface area contributed by atoms with E-state index >= 15 is 0 Å². The van der Waals surface area contributed by atoms with Crippen LogP contribution in [0, 0.1) is 0 Å². The number of nitrogen functional groups attached to an aromatic ring is 1. The fourth-order valence-electron chi connectivity index (χ4n) is 2.88. The molecule has 0 radical (unpaired) electrons. The topological polar surface area (TPSA) is 38.0 Å². The summed E-state index contributed by atoms with van der Waals surface area (Å²) in [5.41, 5.74) is 8.71. The van der Waals surface area contributed by atoms with Crippen LogP contribution in [-0.4, -0.2) is 6.54 Å². The van der Waals surface area contributed by atoms with Crippen molar-refractivity contribution in [3.8, 4) is 0 Å². The van der Waals surface area contributed by atoms with E-state index in [0.29, 0.717) is 0 Å². The number of nitrogens with two attached hydrogens (primary N) is 1. The van der Waals surface area contributed by atoms with Gasteiger partial charge >= 0.3 is 0 Å². The number of anilines is 1. The fraction of sp³-hybridized carbons (Fsp3) is 0.538. The molecule has 1 saturated carbocycles. The summed E-state index contributed by atoms with van der Waals surface area (Å²) in [5.74, 6) is 0. The third kappa shape index (κ3) is 2.35. The van der Waals surface area contributed by atoms with Gasteiger partial charge in [0.2, 0.25) is 0 Å². The molecule has 0 amide bonds. The van der Waals surface area contributed by atoms with E-state index in [1.54, 1.807) is 0 Å². The van der Waals surface area contributed by atoms with Gasteiger partial charge in [-0.05, 0) is 24.5 Å². The van der Waals surface area contributed by atoms with Crippen LogP contribution >= 0.6 is 22.9 Å². The first kappa shape index (κ1) is 12.2. The van der Waals surface area contributed by atoms with E-state index in [0.717, 1.165) is 12.2 Å². The van der Waals surface area contributed by atoms with Crippen LogP contribution in [0.1, 0.15) is 37.7 Å². The van der Waals surface area contributed by atoms with Crippen LogP contribution in [0.25, 0.3) is 0 Å². The summed E-state index contributed by atoms with van der Waals surface area (Å²) < 4.78 is 3.32. The van der Waals surface area contributed by atoms with E-state index in [1.165, 1.54) is 37.7 Å². The van der Waals surface area contributed by atoms with E-state index in [-0.39, 0.29) is 5.41 Å². The summed E-state index contributed by atoms with van der Waals surface area (Å²) in [6.07, 6.45) is 6.55. The maximum absolute atomic E-state index is 6.14. The van der Waals surface area contributed by atoms with Crippen molar-refractivity contribution in [3.63, 3.8) is 0 Å². The minimum Gasteiger partial charge on any atom is -0.398 e. The quantitative estimate of drug-likeness (QED) is 0.506. The molecule has 0 heterocycles. The maximum atomic E-state index is 6.14. The second-order valence-electron chi connectivity index (χ2n) is 4.74. The lowest BCUT2D eigenvalue weighted by molar-refractivity contribution is 0.298. The third-order valence-electron chi connectivity index (χ3n) is 3.75. The highest BCUT2D eigenvalue weighted by atomic mass is 127. The van der Waals surface area contributed by atoms with Crippen LogP contribution < -0.4 is 9.26 Å². The Morgan fingerprint density at radius 1 is 1.19 bits per heavy atom. The zero-order valence-corrected chi connectivity index (χ0v) is 11.7. The molecule has 1 aromatic rings. The number of hydrogen-bond acceptors (Lipinski definition) is 2. The van der Waals surface area contributed by atoms with Gasteiger partial charge in [-0.2, -0.15) is 0 Å². The lowest BCUT2D eigenvalue weighted by Crippen LogP contribution is -2.37. The molecule has 3 heteroatoms. The molecule has 0 bridgehead atoms. The Morgan fingerprint density at radius 2 is 1.88 bits per heavy atom. The highest BCUT2D eigenvalue weighted by Crippen LogP contribution is 2.41. The minimum atomic E-state index is 0.269. The summed E-state index contributed by atoms with van der Waals surface area (Å²) in [5, 5.41) is 0. The van der Waals surface area contributed by atoms with Crippen LogP contribution in [0.15, 0.2) is 24.3 Å². The molecular weight excluding hydrogens is 311 g/mol. The molecule has 1 aromatic carbocycles. The van der Waals surface area contributed by atoms with Gasteiger partial charge in [0.1, 0.15) is 0 Å². The maximum Gasteiger partial charge on any atom is 0.0352 e. The molecule has 1 fully saturated rings. The summed E-state index contributed by atoms with van der Waals surface area (Å²) in [7, 11) is 0. The van der Waals surface area contributed by atoms with Gasteiger partial charge in [-0.3, -0.25) is 3.53 Å². The number of benzene rings is 1. The second-order valence-corrected chi connectivity index (χ2v) is 5.50. The fourth-order valence-corrected chi connectivity index (χ4v) is 3.61. The summed E-state index contributed by atoms with van der Waals surface area (Å²) in [6, 6.07) is 8.36. The average molecular weight is 330 g/mol. The third-order valence-corrected chi connectivity index (χ3v) is 4.13. The summed E-state index contributed by atoms with van der Waals surface area (Å²) in [6.45, 7) is 1.03. The van der Waals surface area contributed by atoms with Crippen molar-refractivity contribution in [2.75, 3.05) is 12.3 Å². The van der Waals surface area contributed by atoms with Crippen LogP contribution in [-0.2, 0) is 5.41 Å². The van der Waals surface area contributed by atoms with E-state index in [9.17, 15) is 0 Å². The molecule has 1 aliphatic rings. The van der Waals surface area contributed by atoms with Crippen LogP contribution in [0.4, 0.5) is 5.69 Å². The number of nitrogens with one attached hydrogen (secondary N) is 1. The summed E-state index contributed by atoms with van der Waals surface area (Å²) >= 11 is 2.25. The van der Waals surface area contributed by atoms with Gasteiger partial charge in [0.15, 0.2) is 0 Å². The molecule has 0 saturated heterocycles. The highest BCUT2D eigenvalue weighted by Gasteiger charge is 2.34. The van der Waals surface area contributed by atoms with Crippen molar-refractivity contribution >= 4 is 28.6 Å². The van der Waals surface area contributed by atoms with E-state index in [2.05, 4.69) is 38.5 Å². The smallest absolute Gasteiger partial charge is 0.0352 e. The van der Waals surface area contributed by atoms with Crippen molar-refractivity contribution in [3.05, 3.63) is 29.8 Å². The molecule has 16 heavy (non-hydrogen) atoms. The Labute approximate surface area is 111 Å². The first-order chi connectivity index (χ1) is 7.78. The second kappa shape index (κ2) is 5.36. The first-order valence-electron chi connectivity index (χ1n) is 5.97. The standard InChI is InChI=1S/C13H19IN2/c14-16-10-13(8-4-1-5-9-13)11-6-2-3-7-12(11)15/h2-3,6-7,16H,1,4-5,8-10,15H2. The van der Waals surface area contributed by atoms with Gasteiger partial charge in [-0.15, -0.1) is 0 Å². The molecule has 0 spiro atoms. The Balaban J connectivity index is 2.34. The largest absolute Gasteiger partial charge is 0.398 e. The Hall–Kier alpha value is -0.290. The van der Waals surface area contributed by atoms with E-state index in [4.69, 9.17) is 5.73 Å². The van der Waals surface area contributed by atoms with Crippen LogP contribution in [0.3, 0.4) is 0 Å². The molecule has 3 N–H and O–H groups in total. The van der Waals surface area contributed by atoms with Crippen molar-refractivity contribution in [2.24, 2.45) is 0 Å². The number of para-hydroxylation sites is 1. The predicted octanol–water partition coefficient (Wildman–Crippen LogP) is 3.41. The van der Waals surface area contributed by atoms with Crippen LogP contribution in [0.2, 0.25) is 0 Å². The Kier molecular flexibility index (Phi) is 4.08. The Morgan fingerprint density at radius 3 is 2.50 bits per heavy atom. The average Bonchev–Trinajstić information content (AvgIpc) is 2.31. The SMILES string of the molecule is Nc1ccccc1C1(CNI)CCCCC1. The van der Waals surface area contributed by atoms with E-state index < -0.39 is 0 Å². The number of rotatable bonds is 3. The van der Waals surface area contributed by atoms with Crippen molar-refractivity contribution < 1.29 is 0 Å². The predicted molar refractivity (Wildman–Crippen MR) is 77.6 cm³/mol. The minimum absolute atomic E-state index is 0.269. The van der Waals surface area contributed by atoms with Crippen LogP contribution in [0.5, 0.6) is 0 Å². The zero-order valence-electron chi connectivity index (χ0n) is 9.51. The molecule has 2 nitrogen and oxygen atoms in total. The number of halogens is 1. The van der Waals surface area contributed by atoms with Crippen molar-refractivity contribution in [2.45, 2.75) is 37.5 Å². The van der Waals surface area contributed by atoms with Gasteiger partial charge in [-0.25, -0.2) is 0 Å². The molecule has 1 aliphatic carbocycles. The molecule has 0 atom stereocenters. The lowest BCUT2D eigenvalue weighted by Gasteiger charge is -2.38. The Bertz CT molecular complexity index is 340. The highest BCUT2D eigenvalue weighted by molar-refractivity contribution is 14.1. The molecule has 0 aliphatic heterocycles. The molecule has 0 unspecified atom stereocenters. The van der Waals surface area contributed by atoms with Crippen molar-refractivity contribution in [1.29, 1.82) is 0 Å². The zero-order chi connectivity index (χ0) is 11.4. The molecule has 2 rings (SSSR count). The monoisotopic (exact) mass is 330 g/mol. The van der Waals surface area contributed by atoms with Gasteiger partial charge in [0.05, 0.1) is 0 Å². The normalized spacial score (nSPS) is 19.6.